The molecule has 0 aliphatic carbocycles. The smallest absolute Gasteiger partial charge is 0.229 e. The van der Waals surface area contributed by atoms with Crippen LogP contribution in [-0.2, 0) is 4.79 Å². The molecule has 0 radical (unpaired) electrons. The van der Waals surface area contributed by atoms with Crippen LogP contribution in [-0.4, -0.2) is 12.5 Å². The molecule has 0 bridgehead atoms. The van der Waals surface area contributed by atoms with Crippen molar-refractivity contribution in [3.63, 3.8) is 0 Å². The van der Waals surface area contributed by atoms with Crippen LogP contribution in [0.1, 0.15) is 13.8 Å². The van der Waals surface area contributed by atoms with Gasteiger partial charge in [-0.2, -0.15) is 0 Å². The Labute approximate surface area is 109 Å². The van der Waals surface area contributed by atoms with E-state index in [1.165, 1.54) is 12.1 Å². The minimum Gasteiger partial charge on any atom is -0.330 e. The predicted octanol–water partition coefficient (Wildman–Crippen LogP) is 2.76. The molecule has 0 saturated heterocycles. The Morgan fingerprint density at radius 3 is 2.65 bits per heavy atom. The van der Waals surface area contributed by atoms with Crippen LogP contribution in [0.5, 0.6) is 0 Å². The number of nitrogens with one attached hydrogen (secondary N) is 1. The molecule has 1 atom stereocenters. The van der Waals surface area contributed by atoms with Crippen molar-refractivity contribution in [2.24, 2.45) is 17.6 Å². The standard InChI is InChI=1S/C12H16BrFN2O/c1-7(2)9(6-15)12(17)16-11-4-3-8(13)5-10(11)14/h3-5,7,9H,6,15H2,1-2H3,(H,16,17). The first kappa shape index (κ1) is 14.1. The quantitative estimate of drug-likeness (QED) is 0.898. The van der Waals surface area contributed by atoms with Crippen molar-refractivity contribution in [2.75, 3.05) is 11.9 Å². The van der Waals surface area contributed by atoms with E-state index in [1.807, 2.05) is 13.8 Å². The second-order valence-corrected chi connectivity index (χ2v) is 5.12. The van der Waals surface area contributed by atoms with Gasteiger partial charge in [0.05, 0.1) is 11.6 Å². The highest BCUT2D eigenvalue weighted by molar-refractivity contribution is 9.10. The summed E-state index contributed by atoms with van der Waals surface area (Å²) in [5.74, 6) is -0.896. The number of amides is 1. The van der Waals surface area contributed by atoms with Crippen molar-refractivity contribution >= 4 is 27.5 Å². The topological polar surface area (TPSA) is 55.1 Å². The lowest BCUT2D eigenvalue weighted by Gasteiger charge is -2.18. The van der Waals surface area contributed by atoms with Crippen LogP contribution < -0.4 is 11.1 Å². The zero-order valence-corrected chi connectivity index (χ0v) is 11.4. The number of halogens is 2. The van der Waals surface area contributed by atoms with Gasteiger partial charge in [0.25, 0.3) is 0 Å². The van der Waals surface area contributed by atoms with Crippen molar-refractivity contribution in [1.29, 1.82) is 0 Å². The zero-order valence-electron chi connectivity index (χ0n) is 9.84. The van der Waals surface area contributed by atoms with E-state index in [4.69, 9.17) is 5.73 Å². The Morgan fingerprint density at radius 2 is 2.18 bits per heavy atom. The maximum atomic E-state index is 13.5. The minimum absolute atomic E-state index is 0.124. The van der Waals surface area contributed by atoms with Gasteiger partial charge in [0.2, 0.25) is 5.91 Å². The number of nitrogens with two attached hydrogens (primary N) is 1. The van der Waals surface area contributed by atoms with E-state index in [0.29, 0.717) is 4.47 Å². The molecular formula is C12H16BrFN2O. The fourth-order valence-electron chi connectivity index (χ4n) is 1.50. The molecule has 0 aliphatic heterocycles. The van der Waals surface area contributed by atoms with Gasteiger partial charge in [0.15, 0.2) is 0 Å². The van der Waals surface area contributed by atoms with Crippen LogP contribution >= 0.6 is 15.9 Å². The van der Waals surface area contributed by atoms with Gasteiger partial charge in [-0.05, 0) is 24.1 Å². The van der Waals surface area contributed by atoms with Crippen LogP contribution in [0.4, 0.5) is 10.1 Å². The predicted molar refractivity (Wildman–Crippen MR) is 70.1 cm³/mol. The number of hydrogen-bond donors (Lipinski definition) is 2. The molecule has 0 heterocycles. The molecule has 1 aromatic rings. The summed E-state index contributed by atoms with van der Waals surface area (Å²) in [6.45, 7) is 4.08. The summed E-state index contributed by atoms with van der Waals surface area (Å²) < 4.78 is 14.1. The summed E-state index contributed by atoms with van der Waals surface area (Å²) >= 11 is 3.16. The number of rotatable bonds is 4. The van der Waals surface area contributed by atoms with Gasteiger partial charge in [-0.15, -0.1) is 0 Å². The molecule has 1 unspecified atom stereocenters. The largest absolute Gasteiger partial charge is 0.330 e. The highest BCUT2D eigenvalue weighted by Gasteiger charge is 2.21. The second-order valence-electron chi connectivity index (χ2n) is 4.20. The molecule has 0 aromatic heterocycles. The lowest BCUT2D eigenvalue weighted by atomic mass is 9.95. The fourth-order valence-corrected chi connectivity index (χ4v) is 1.83. The van der Waals surface area contributed by atoms with Crippen LogP contribution in [0.3, 0.4) is 0 Å². The lowest BCUT2D eigenvalue weighted by Crippen LogP contribution is -2.33. The van der Waals surface area contributed by atoms with Gasteiger partial charge >= 0.3 is 0 Å². The normalized spacial score (nSPS) is 12.6. The van der Waals surface area contributed by atoms with E-state index >= 15 is 0 Å². The van der Waals surface area contributed by atoms with Gasteiger partial charge in [-0.1, -0.05) is 29.8 Å². The summed E-state index contributed by atoms with van der Waals surface area (Å²) in [6.07, 6.45) is 0. The van der Waals surface area contributed by atoms with Crippen molar-refractivity contribution in [3.05, 3.63) is 28.5 Å². The number of carbonyl (C=O) groups excluding carboxylic acids is 1. The average molecular weight is 303 g/mol. The number of benzene rings is 1. The van der Waals surface area contributed by atoms with E-state index in [2.05, 4.69) is 21.2 Å². The minimum atomic E-state index is -0.466. The lowest BCUT2D eigenvalue weighted by molar-refractivity contribution is -0.120. The van der Waals surface area contributed by atoms with Crippen molar-refractivity contribution in [2.45, 2.75) is 13.8 Å². The van der Waals surface area contributed by atoms with Crippen LogP contribution in [0, 0.1) is 17.7 Å². The molecule has 3 N–H and O–H groups in total. The summed E-state index contributed by atoms with van der Waals surface area (Å²) in [6, 6.07) is 4.50. The monoisotopic (exact) mass is 302 g/mol. The molecule has 0 fully saturated rings. The Kier molecular flexibility index (Phi) is 5.08. The molecule has 0 spiro atoms. The molecule has 17 heavy (non-hydrogen) atoms. The molecule has 94 valence electrons. The Hall–Kier alpha value is -0.940. The summed E-state index contributed by atoms with van der Waals surface area (Å²) in [5, 5.41) is 2.56. The third kappa shape index (κ3) is 3.78. The number of anilines is 1. The van der Waals surface area contributed by atoms with Crippen LogP contribution in [0.15, 0.2) is 22.7 Å². The second kappa shape index (κ2) is 6.12. The third-order valence-corrected chi connectivity index (χ3v) is 3.08. The summed E-state index contributed by atoms with van der Waals surface area (Å²) in [7, 11) is 0. The Bertz CT molecular complexity index is 409. The molecular weight excluding hydrogens is 287 g/mol. The molecule has 0 aliphatic rings. The van der Waals surface area contributed by atoms with Crippen LogP contribution in [0.25, 0.3) is 0 Å². The molecule has 5 heteroatoms. The Morgan fingerprint density at radius 1 is 1.53 bits per heavy atom. The summed E-state index contributed by atoms with van der Waals surface area (Å²) in [4.78, 5) is 11.9. The Balaban J connectivity index is 2.80. The van der Waals surface area contributed by atoms with E-state index in [1.54, 1.807) is 6.07 Å². The van der Waals surface area contributed by atoms with E-state index < -0.39 is 5.82 Å². The number of carbonyl (C=O) groups is 1. The average Bonchev–Trinajstić information content (AvgIpc) is 2.22. The highest BCUT2D eigenvalue weighted by atomic mass is 79.9. The van der Waals surface area contributed by atoms with Crippen molar-refractivity contribution in [3.8, 4) is 0 Å². The summed E-state index contributed by atoms with van der Waals surface area (Å²) in [5.41, 5.74) is 5.71. The van der Waals surface area contributed by atoms with E-state index in [-0.39, 0.29) is 30.0 Å². The first-order valence-corrected chi connectivity index (χ1v) is 6.21. The molecule has 1 amide bonds. The molecule has 1 aromatic carbocycles. The zero-order chi connectivity index (χ0) is 13.0. The van der Waals surface area contributed by atoms with Gasteiger partial charge < -0.3 is 11.1 Å². The molecule has 3 nitrogen and oxygen atoms in total. The van der Waals surface area contributed by atoms with Crippen molar-refractivity contribution < 1.29 is 9.18 Å². The third-order valence-electron chi connectivity index (χ3n) is 2.58. The van der Waals surface area contributed by atoms with E-state index in [9.17, 15) is 9.18 Å². The van der Waals surface area contributed by atoms with Gasteiger partial charge in [0.1, 0.15) is 5.82 Å². The van der Waals surface area contributed by atoms with Gasteiger partial charge in [-0.3, -0.25) is 4.79 Å². The highest BCUT2D eigenvalue weighted by Crippen LogP contribution is 2.20. The number of hydrogen-bond acceptors (Lipinski definition) is 2. The SMILES string of the molecule is CC(C)C(CN)C(=O)Nc1ccc(Br)cc1F. The first-order valence-electron chi connectivity index (χ1n) is 5.41. The van der Waals surface area contributed by atoms with E-state index in [0.717, 1.165) is 0 Å². The van der Waals surface area contributed by atoms with Crippen LogP contribution in [0.2, 0.25) is 0 Å². The molecule has 1 rings (SSSR count). The molecule has 0 saturated carbocycles. The van der Waals surface area contributed by atoms with Crippen molar-refractivity contribution in [1.82, 2.24) is 0 Å². The maximum absolute atomic E-state index is 13.5. The maximum Gasteiger partial charge on any atom is 0.229 e. The fraction of sp³-hybridized carbons (Fsp3) is 0.417. The first-order chi connectivity index (χ1) is 7.95. The van der Waals surface area contributed by atoms with Gasteiger partial charge in [0, 0.05) is 11.0 Å². The van der Waals surface area contributed by atoms with Gasteiger partial charge in [-0.25, -0.2) is 4.39 Å².